The zero-order valence-electron chi connectivity index (χ0n) is 16.2. The fraction of sp³-hybridized carbons (Fsp3) is 0.333. The summed E-state index contributed by atoms with van der Waals surface area (Å²) in [5, 5.41) is 18.4. The maximum absolute atomic E-state index is 13.0. The molecule has 0 saturated carbocycles. The third kappa shape index (κ3) is 3.91. The van der Waals surface area contributed by atoms with E-state index < -0.39 is 10.0 Å². The summed E-state index contributed by atoms with van der Waals surface area (Å²) in [6, 6.07) is 7.45. The zero-order valence-corrected chi connectivity index (χ0v) is 17.0. The van der Waals surface area contributed by atoms with Crippen molar-refractivity contribution < 1.29 is 8.42 Å². The number of sulfonamides is 1. The molecule has 0 amide bonds. The molecule has 1 saturated heterocycles. The van der Waals surface area contributed by atoms with Crippen molar-refractivity contribution in [2.75, 3.05) is 36.4 Å². The van der Waals surface area contributed by atoms with E-state index in [2.05, 4.69) is 30.7 Å². The second-order valence-electron chi connectivity index (χ2n) is 6.80. The first-order chi connectivity index (χ1) is 13.9. The Morgan fingerprint density at radius 1 is 1.07 bits per heavy atom. The van der Waals surface area contributed by atoms with Crippen LogP contribution in [0.25, 0.3) is 0 Å². The molecule has 0 spiro atoms. The Hall–Kier alpha value is -3.05. The number of anilines is 3. The fourth-order valence-corrected chi connectivity index (χ4v) is 5.11. The summed E-state index contributed by atoms with van der Waals surface area (Å²) >= 11 is 0. The summed E-state index contributed by atoms with van der Waals surface area (Å²) in [5.41, 5.74) is 1.89. The molecule has 3 aromatic rings. The molecule has 10 nitrogen and oxygen atoms in total. The van der Waals surface area contributed by atoms with Gasteiger partial charge in [-0.3, -0.25) is 10.1 Å². The van der Waals surface area contributed by atoms with Crippen LogP contribution in [0.1, 0.15) is 11.4 Å². The molecule has 0 unspecified atom stereocenters. The number of piperazine rings is 1. The van der Waals surface area contributed by atoms with Gasteiger partial charge in [0, 0.05) is 32.4 Å². The molecule has 3 aromatic heterocycles. The first-order valence-corrected chi connectivity index (χ1v) is 10.7. The summed E-state index contributed by atoms with van der Waals surface area (Å²) in [6.45, 7) is 5.26. The predicted octanol–water partition coefficient (Wildman–Crippen LogP) is 1.47. The highest BCUT2D eigenvalue weighted by Gasteiger charge is 2.32. The Morgan fingerprint density at radius 3 is 2.45 bits per heavy atom. The number of H-pyrrole nitrogens is 1. The summed E-state index contributed by atoms with van der Waals surface area (Å²) in [5.74, 6) is 1.34. The lowest BCUT2D eigenvalue weighted by Gasteiger charge is -2.34. The molecule has 0 atom stereocenters. The molecular weight excluding hydrogens is 392 g/mol. The fourth-order valence-electron chi connectivity index (χ4n) is 3.35. The molecule has 0 bridgehead atoms. The number of nitrogens with one attached hydrogen (secondary N) is 2. The Bertz CT molecular complexity index is 1060. The zero-order chi connectivity index (χ0) is 20.4. The third-order valence-electron chi connectivity index (χ3n) is 4.81. The predicted molar refractivity (Wildman–Crippen MR) is 109 cm³/mol. The quantitative estimate of drug-likeness (QED) is 0.644. The minimum absolute atomic E-state index is 0.275. The van der Waals surface area contributed by atoms with Crippen LogP contribution in [0.5, 0.6) is 0 Å². The van der Waals surface area contributed by atoms with Gasteiger partial charge in [0.1, 0.15) is 4.90 Å². The van der Waals surface area contributed by atoms with Gasteiger partial charge >= 0.3 is 0 Å². The number of aryl methyl sites for hydroxylation is 2. The summed E-state index contributed by atoms with van der Waals surface area (Å²) in [6.07, 6.45) is 3.41. The lowest BCUT2D eigenvalue weighted by Crippen LogP contribution is -2.49. The van der Waals surface area contributed by atoms with Crippen LogP contribution in [0, 0.1) is 13.8 Å². The van der Waals surface area contributed by atoms with Crippen LogP contribution in [-0.4, -0.2) is 64.3 Å². The van der Waals surface area contributed by atoms with Gasteiger partial charge in [0.2, 0.25) is 10.0 Å². The van der Waals surface area contributed by atoms with Gasteiger partial charge in [-0.1, -0.05) is 0 Å². The number of pyridine rings is 1. The lowest BCUT2D eigenvalue weighted by atomic mass is 10.3. The van der Waals surface area contributed by atoms with Crippen LogP contribution in [0.4, 0.5) is 17.3 Å². The Balaban J connectivity index is 1.41. The van der Waals surface area contributed by atoms with Crippen molar-refractivity contribution in [3.63, 3.8) is 0 Å². The van der Waals surface area contributed by atoms with E-state index in [-0.39, 0.29) is 4.90 Å². The maximum atomic E-state index is 13.0. The number of aromatic nitrogens is 5. The van der Waals surface area contributed by atoms with E-state index in [1.54, 1.807) is 26.2 Å². The van der Waals surface area contributed by atoms with Crippen LogP contribution in [0.15, 0.2) is 41.6 Å². The standard InChI is InChI=1S/C18H22N8O2S/c1-13-18(14(2)22-21-13)29(27,28)26-10-8-25(9-11-26)17-6-5-16(23-24-17)20-15-4-3-7-19-12-15/h3-7,12H,8-11H2,1-2H3,(H,20,23)(H,21,22). The van der Waals surface area contributed by atoms with E-state index in [1.165, 1.54) is 4.31 Å². The van der Waals surface area contributed by atoms with E-state index in [0.717, 1.165) is 11.5 Å². The van der Waals surface area contributed by atoms with Gasteiger partial charge in [0.15, 0.2) is 11.6 Å². The number of rotatable bonds is 5. The number of aromatic amines is 1. The van der Waals surface area contributed by atoms with E-state index in [1.807, 2.05) is 29.2 Å². The van der Waals surface area contributed by atoms with Crippen LogP contribution < -0.4 is 10.2 Å². The molecular formula is C18H22N8O2S. The summed E-state index contributed by atoms with van der Waals surface area (Å²) in [4.78, 5) is 6.35. The molecule has 4 heterocycles. The van der Waals surface area contributed by atoms with Crippen molar-refractivity contribution in [2.24, 2.45) is 0 Å². The van der Waals surface area contributed by atoms with E-state index in [9.17, 15) is 8.42 Å². The minimum atomic E-state index is -3.57. The number of hydrogen-bond donors (Lipinski definition) is 2. The molecule has 1 aliphatic rings. The van der Waals surface area contributed by atoms with E-state index in [0.29, 0.717) is 43.4 Å². The molecule has 2 N–H and O–H groups in total. The lowest BCUT2D eigenvalue weighted by molar-refractivity contribution is 0.383. The molecule has 29 heavy (non-hydrogen) atoms. The summed E-state index contributed by atoms with van der Waals surface area (Å²) < 4.78 is 27.4. The van der Waals surface area contributed by atoms with Crippen LogP contribution in [-0.2, 0) is 10.0 Å². The monoisotopic (exact) mass is 414 g/mol. The highest BCUT2D eigenvalue weighted by Crippen LogP contribution is 2.24. The molecule has 1 fully saturated rings. The first-order valence-electron chi connectivity index (χ1n) is 9.22. The van der Waals surface area contributed by atoms with E-state index in [4.69, 9.17) is 0 Å². The van der Waals surface area contributed by atoms with Gasteiger partial charge < -0.3 is 10.2 Å². The number of hydrogen-bond acceptors (Lipinski definition) is 8. The molecule has 0 radical (unpaired) electrons. The third-order valence-corrected chi connectivity index (χ3v) is 6.97. The molecule has 4 rings (SSSR count). The van der Waals surface area contributed by atoms with Gasteiger partial charge in [-0.15, -0.1) is 10.2 Å². The molecule has 152 valence electrons. The Labute approximate surface area is 169 Å². The highest BCUT2D eigenvalue weighted by atomic mass is 32.2. The Morgan fingerprint density at radius 2 is 1.86 bits per heavy atom. The van der Waals surface area contributed by atoms with Crippen molar-refractivity contribution in [2.45, 2.75) is 18.7 Å². The average molecular weight is 414 g/mol. The largest absolute Gasteiger partial charge is 0.352 e. The second kappa shape index (κ2) is 7.76. The highest BCUT2D eigenvalue weighted by molar-refractivity contribution is 7.89. The normalized spacial score (nSPS) is 15.4. The van der Waals surface area contributed by atoms with Crippen molar-refractivity contribution >= 4 is 27.3 Å². The summed E-state index contributed by atoms with van der Waals surface area (Å²) in [7, 11) is -3.57. The smallest absolute Gasteiger partial charge is 0.246 e. The van der Waals surface area contributed by atoms with Crippen LogP contribution in [0.3, 0.4) is 0 Å². The molecule has 0 aliphatic carbocycles. The first kappa shape index (κ1) is 19.3. The van der Waals surface area contributed by atoms with Gasteiger partial charge in [-0.2, -0.15) is 9.40 Å². The molecule has 0 aromatic carbocycles. The molecule has 11 heteroatoms. The van der Waals surface area contributed by atoms with Crippen molar-refractivity contribution in [3.05, 3.63) is 48.0 Å². The van der Waals surface area contributed by atoms with Gasteiger partial charge in [0.25, 0.3) is 0 Å². The van der Waals surface area contributed by atoms with Gasteiger partial charge in [-0.05, 0) is 38.1 Å². The van der Waals surface area contributed by atoms with Gasteiger partial charge in [-0.25, -0.2) is 8.42 Å². The minimum Gasteiger partial charge on any atom is -0.352 e. The van der Waals surface area contributed by atoms with Crippen LogP contribution >= 0.6 is 0 Å². The Kier molecular flexibility index (Phi) is 5.16. The topological polar surface area (TPSA) is 120 Å². The molecule has 1 aliphatic heterocycles. The SMILES string of the molecule is Cc1n[nH]c(C)c1S(=O)(=O)N1CCN(c2ccc(Nc3cccnc3)nn2)CC1. The average Bonchev–Trinajstić information content (AvgIpc) is 3.08. The van der Waals surface area contributed by atoms with Crippen molar-refractivity contribution in [3.8, 4) is 0 Å². The van der Waals surface area contributed by atoms with E-state index >= 15 is 0 Å². The van der Waals surface area contributed by atoms with Crippen molar-refractivity contribution in [1.29, 1.82) is 0 Å². The van der Waals surface area contributed by atoms with Crippen molar-refractivity contribution in [1.82, 2.24) is 29.7 Å². The van der Waals surface area contributed by atoms with Crippen LogP contribution in [0.2, 0.25) is 0 Å². The van der Waals surface area contributed by atoms with Gasteiger partial charge in [0.05, 0.1) is 23.3 Å². The number of nitrogens with zero attached hydrogens (tertiary/aromatic N) is 6. The maximum Gasteiger partial charge on any atom is 0.246 e. The second-order valence-corrected chi connectivity index (χ2v) is 8.67.